The molecule has 0 aromatic heterocycles. The molecule has 0 radical (unpaired) electrons. The Kier molecular flexibility index (Phi) is 4.28. The quantitative estimate of drug-likeness (QED) is 0.863. The van der Waals surface area contributed by atoms with E-state index in [-0.39, 0.29) is 12.5 Å². The predicted octanol–water partition coefficient (Wildman–Crippen LogP) is 1.64. The topological polar surface area (TPSA) is 57.6 Å². The summed E-state index contributed by atoms with van der Waals surface area (Å²) in [4.78, 5) is 0.303. The summed E-state index contributed by atoms with van der Waals surface area (Å²) in [6, 6.07) is 6.98. The fourth-order valence-corrected chi connectivity index (χ4v) is 3.36. The zero-order valence-electron chi connectivity index (χ0n) is 11.4. The minimum atomic E-state index is -3.50. The fourth-order valence-electron chi connectivity index (χ4n) is 2.10. The van der Waals surface area contributed by atoms with Crippen LogP contribution >= 0.6 is 0 Å². The van der Waals surface area contributed by atoms with Crippen molar-refractivity contribution in [2.24, 2.45) is 5.92 Å². The van der Waals surface area contributed by atoms with E-state index in [1.807, 2.05) is 13.0 Å². The maximum atomic E-state index is 12.4. The number of benzene rings is 1. The van der Waals surface area contributed by atoms with Crippen LogP contribution in [0.2, 0.25) is 0 Å². The van der Waals surface area contributed by atoms with Crippen molar-refractivity contribution >= 4 is 10.0 Å². The second-order valence-corrected chi connectivity index (χ2v) is 7.24. The van der Waals surface area contributed by atoms with E-state index >= 15 is 0 Å². The Bertz CT molecular complexity index is 537. The Morgan fingerprint density at radius 1 is 1.42 bits per heavy atom. The summed E-state index contributed by atoms with van der Waals surface area (Å²) in [7, 11) is -1.97. The maximum Gasteiger partial charge on any atom is 0.242 e. The van der Waals surface area contributed by atoms with E-state index in [0.29, 0.717) is 4.90 Å². The summed E-state index contributed by atoms with van der Waals surface area (Å²) in [6.45, 7) is 2.16. The highest BCUT2D eigenvalue weighted by Crippen LogP contribution is 2.33. The van der Waals surface area contributed by atoms with Gasteiger partial charge >= 0.3 is 0 Å². The molecule has 5 heteroatoms. The number of likely N-dealkylation sites (N-methyl/N-ethyl adjacent to an activating group) is 1. The standard InChI is InChI=1S/C14H21NO3S/c1-3-11-5-4-6-13(9-11)19(17,18)15(2)10-14(16)12-7-8-12/h4-6,9,12,14,16H,3,7-8,10H2,1-2H3. The highest BCUT2D eigenvalue weighted by atomic mass is 32.2. The van der Waals surface area contributed by atoms with Crippen LogP contribution in [0, 0.1) is 5.92 Å². The van der Waals surface area contributed by atoms with E-state index < -0.39 is 16.1 Å². The lowest BCUT2D eigenvalue weighted by molar-refractivity contribution is 0.131. The number of hydrogen-bond donors (Lipinski definition) is 1. The van der Waals surface area contributed by atoms with Gasteiger partial charge in [-0.25, -0.2) is 8.42 Å². The Morgan fingerprint density at radius 2 is 2.11 bits per heavy atom. The molecule has 0 saturated heterocycles. The second-order valence-electron chi connectivity index (χ2n) is 5.19. The number of aryl methyl sites for hydroxylation is 1. The van der Waals surface area contributed by atoms with Crippen molar-refractivity contribution in [1.82, 2.24) is 4.31 Å². The van der Waals surface area contributed by atoms with Gasteiger partial charge in [-0.15, -0.1) is 0 Å². The summed E-state index contributed by atoms with van der Waals surface area (Å²) in [5.41, 5.74) is 0.997. The number of hydrogen-bond acceptors (Lipinski definition) is 3. The van der Waals surface area contributed by atoms with Crippen LogP contribution in [0.5, 0.6) is 0 Å². The molecule has 1 aliphatic rings. The van der Waals surface area contributed by atoms with Gasteiger partial charge in [-0.2, -0.15) is 4.31 Å². The van der Waals surface area contributed by atoms with E-state index in [1.165, 1.54) is 11.4 Å². The summed E-state index contributed by atoms with van der Waals surface area (Å²) < 4.78 is 26.0. The van der Waals surface area contributed by atoms with Crippen molar-refractivity contribution in [3.8, 4) is 0 Å². The number of aliphatic hydroxyl groups is 1. The van der Waals surface area contributed by atoms with Gasteiger partial charge in [0.25, 0.3) is 0 Å². The first-order valence-corrected chi connectivity index (χ1v) is 8.12. The van der Waals surface area contributed by atoms with Crippen LogP contribution in [-0.2, 0) is 16.4 Å². The van der Waals surface area contributed by atoms with Crippen LogP contribution < -0.4 is 0 Å². The Balaban J connectivity index is 2.15. The lowest BCUT2D eigenvalue weighted by Gasteiger charge is -2.20. The first-order valence-electron chi connectivity index (χ1n) is 6.68. The fraction of sp³-hybridized carbons (Fsp3) is 0.571. The maximum absolute atomic E-state index is 12.4. The lowest BCUT2D eigenvalue weighted by Crippen LogP contribution is -2.35. The minimum Gasteiger partial charge on any atom is -0.391 e. The lowest BCUT2D eigenvalue weighted by atomic mass is 10.2. The van der Waals surface area contributed by atoms with Gasteiger partial charge in [0.15, 0.2) is 0 Å². The van der Waals surface area contributed by atoms with E-state index in [4.69, 9.17) is 0 Å². The molecule has 0 amide bonds. The molecule has 1 aromatic rings. The molecular formula is C14H21NO3S. The highest BCUT2D eigenvalue weighted by molar-refractivity contribution is 7.89. The summed E-state index contributed by atoms with van der Waals surface area (Å²) in [5, 5.41) is 9.86. The molecule has 1 aliphatic carbocycles. The van der Waals surface area contributed by atoms with Crippen molar-refractivity contribution in [2.45, 2.75) is 37.2 Å². The largest absolute Gasteiger partial charge is 0.391 e. The molecule has 1 aromatic carbocycles. The van der Waals surface area contributed by atoms with Gasteiger partial charge in [-0.1, -0.05) is 19.1 Å². The summed E-state index contributed by atoms with van der Waals surface area (Å²) in [6.07, 6.45) is 2.26. The first-order chi connectivity index (χ1) is 8.95. The highest BCUT2D eigenvalue weighted by Gasteiger charge is 2.33. The van der Waals surface area contributed by atoms with Crippen molar-refractivity contribution < 1.29 is 13.5 Å². The van der Waals surface area contributed by atoms with Crippen LogP contribution in [-0.4, -0.2) is 37.5 Å². The molecular weight excluding hydrogens is 262 g/mol. The number of nitrogens with zero attached hydrogens (tertiary/aromatic N) is 1. The Morgan fingerprint density at radius 3 is 2.68 bits per heavy atom. The number of rotatable bonds is 6. The number of sulfonamides is 1. The third-order valence-corrected chi connectivity index (χ3v) is 5.44. The van der Waals surface area contributed by atoms with Gasteiger partial charge in [0.1, 0.15) is 0 Å². The van der Waals surface area contributed by atoms with Gasteiger partial charge < -0.3 is 5.11 Å². The summed E-state index contributed by atoms with van der Waals surface area (Å²) in [5.74, 6) is 0.277. The monoisotopic (exact) mass is 283 g/mol. The molecule has 106 valence electrons. The predicted molar refractivity (Wildman–Crippen MR) is 74.4 cm³/mol. The first kappa shape index (κ1) is 14.5. The Labute approximate surface area is 115 Å². The Hall–Kier alpha value is -0.910. The normalized spacial score (nSPS) is 17.7. The zero-order valence-corrected chi connectivity index (χ0v) is 12.2. The van der Waals surface area contributed by atoms with Gasteiger partial charge in [0, 0.05) is 13.6 Å². The van der Waals surface area contributed by atoms with Crippen molar-refractivity contribution in [3.05, 3.63) is 29.8 Å². The molecule has 0 spiro atoms. The van der Waals surface area contributed by atoms with Crippen molar-refractivity contribution in [2.75, 3.05) is 13.6 Å². The van der Waals surface area contributed by atoms with Crippen LogP contribution in [0.25, 0.3) is 0 Å². The van der Waals surface area contributed by atoms with Crippen molar-refractivity contribution in [1.29, 1.82) is 0 Å². The zero-order chi connectivity index (χ0) is 14.0. The molecule has 1 atom stereocenters. The SMILES string of the molecule is CCc1cccc(S(=O)(=O)N(C)CC(O)C2CC2)c1. The van der Waals surface area contributed by atoms with E-state index in [1.54, 1.807) is 18.2 Å². The second kappa shape index (κ2) is 5.61. The average molecular weight is 283 g/mol. The molecule has 1 saturated carbocycles. The molecule has 0 bridgehead atoms. The molecule has 4 nitrogen and oxygen atoms in total. The van der Waals surface area contributed by atoms with Gasteiger partial charge in [0.05, 0.1) is 11.0 Å². The van der Waals surface area contributed by atoms with Gasteiger partial charge in [-0.3, -0.25) is 0 Å². The van der Waals surface area contributed by atoms with E-state index in [0.717, 1.165) is 24.8 Å². The van der Waals surface area contributed by atoms with Crippen LogP contribution in [0.1, 0.15) is 25.3 Å². The average Bonchev–Trinajstić information content (AvgIpc) is 3.23. The number of aliphatic hydroxyl groups excluding tert-OH is 1. The molecule has 1 fully saturated rings. The molecule has 19 heavy (non-hydrogen) atoms. The van der Waals surface area contributed by atoms with E-state index in [9.17, 15) is 13.5 Å². The molecule has 0 aliphatic heterocycles. The van der Waals surface area contributed by atoms with E-state index in [2.05, 4.69) is 0 Å². The third-order valence-electron chi connectivity index (χ3n) is 3.63. The summed E-state index contributed by atoms with van der Waals surface area (Å²) >= 11 is 0. The third kappa shape index (κ3) is 3.35. The molecule has 0 heterocycles. The van der Waals surface area contributed by atoms with Gasteiger partial charge in [0.2, 0.25) is 10.0 Å². The molecule has 1 N–H and O–H groups in total. The smallest absolute Gasteiger partial charge is 0.242 e. The minimum absolute atomic E-state index is 0.170. The van der Waals surface area contributed by atoms with Crippen molar-refractivity contribution in [3.63, 3.8) is 0 Å². The van der Waals surface area contributed by atoms with Gasteiger partial charge in [-0.05, 0) is 42.9 Å². The van der Waals surface area contributed by atoms with Crippen LogP contribution in [0.3, 0.4) is 0 Å². The molecule has 1 unspecified atom stereocenters. The molecule has 2 rings (SSSR count). The van der Waals surface area contributed by atoms with Crippen LogP contribution in [0.4, 0.5) is 0 Å². The van der Waals surface area contributed by atoms with Crippen LogP contribution in [0.15, 0.2) is 29.2 Å².